The predicted octanol–water partition coefficient (Wildman–Crippen LogP) is 3.59. The molecule has 144 valence electrons. The van der Waals surface area contributed by atoms with Crippen LogP contribution in [0.4, 0.5) is 10.1 Å². The number of methoxy groups -OCH3 is 2. The number of alkyl halides is 2. The summed E-state index contributed by atoms with van der Waals surface area (Å²) in [6, 6.07) is 5.39. The zero-order valence-electron chi connectivity index (χ0n) is 13.9. The maximum absolute atomic E-state index is 14.3. The average molecular weight is 455 g/mol. The molecule has 0 radical (unpaired) electrons. The Bertz CT molecular complexity index is 874. The third-order valence-electron chi connectivity index (χ3n) is 5.62. The molecule has 2 amide bonds. The van der Waals surface area contributed by atoms with Crippen LogP contribution in [0, 0.1) is 17.7 Å². The molecule has 4 atom stereocenters. The molecule has 2 aliphatic carbocycles. The summed E-state index contributed by atoms with van der Waals surface area (Å²) in [4.78, 5) is 23.5. The van der Waals surface area contributed by atoms with Gasteiger partial charge in [-0.15, -0.1) is 23.2 Å². The molecule has 1 aliphatic heterocycles. The van der Waals surface area contributed by atoms with E-state index in [9.17, 15) is 14.0 Å². The lowest BCUT2D eigenvalue weighted by molar-refractivity contribution is -0.221. The van der Waals surface area contributed by atoms with Crippen molar-refractivity contribution in [3.63, 3.8) is 0 Å². The summed E-state index contributed by atoms with van der Waals surface area (Å²) >= 11 is 26.3. The van der Waals surface area contributed by atoms with Gasteiger partial charge in [-0.3, -0.25) is 9.59 Å². The summed E-state index contributed by atoms with van der Waals surface area (Å²) in [7, 11) is 2.53. The maximum Gasteiger partial charge on any atom is 0.240 e. The van der Waals surface area contributed by atoms with Gasteiger partial charge >= 0.3 is 0 Å². The van der Waals surface area contributed by atoms with Crippen molar-refractivity contribution in [3.8, 4) is 0 Å². The van der Waals surface area contributed by atoms with Crippen molar-refractivity contribution in [1.82, 2.24) is 0 Å². The monoisotopic (exact) mass is 453 g/mol. The number of carbonyl (C=O) groups is 2. The van der Waals surface area contributed by atoms with Crippen molar-refractivity contribution in [2.45, 2.75) is 15.5 Å². The lowest BCUT2D eigenvalue weighted by Crippen LogP contribution is -2.60. The Kier molecular flexibility index (Phi) is 4.18. The minimum atomic E-state index is -1.86. The first-order valence-corrected chi connectivity index (χ1v) is 9.33. The molecule has 0 aromatic heterocycles. The number of hydrogen-bond donors (Lipinski definition) is 0. The van der Waals surface area contributed by atoms with Crippen LogP contribution in [0.1, 0.15) is 0 Å². The molecule has 1 saturated heterocycles. The van der Waals surface area contributed by atoms with Crippen LogP contribution in [0.3, 0.4) is 0 Å². The number of rotatable bonds is 3. The fraction of sp³-hybridized carbons (Fsp3) is 0.412. The van der Waals surface area contributed by atoms with Gasteiger partial charge in [-0.05, 0) is 12.1 Å². The van der Waals surface area contributed by atoms with Gasteiger partial charge < -0.3 is 9.47 Å². The van der Waals surface area contributed by atoms with E-state index in [1.807, 2.05) is 0 Å². The molecule has 3 aliphatic rings. The molecule has 2 bridgehead atoms. The van der Waals surface area contributed by atoms with E-state index in [0.29, 0.717) is 0 Å². The number of anilines is 1. The van der Waals surface area contributed by atoms with Crippen LogP contribution < -0.4 is 4.90 Å². The quantitative estimate of drug-likeness (QED) is 0.398. The van der Waals surface area contributed by atoms with Crippen molar-refractivity contribution < 1.29 is 23.5 Å². The number of fused-ring (bicyclic) bond motifs is 5. The molecule has 4 rings (SSSR count). The largest absolute Gasteiger partial charge is 0.350 e. The first-order valence-electron chi connectivity index (χ1n) is 7.81. The van der Waals surface area contributed by atoms with Gasteiger partial charge in [0.15, 0.2) is 0 Å². The topological polar surface area (TPSA) is 55.8 Å². The summed E-state index contributed by atoms with van der Waals surface area (Å²) in [5.74, 6) is -6.62. The molecule has 27 heavy (non-hydrogen) atoms. The second-order valence-electron chi connectivity index (χ2n) is 6.49. The van der Waals surface area contributed by atoms with Crippen molar-refractivity contribution in [1.29, 1.82) is 0 Å². The van der Waals surface area contributed by atoms with Crippen molar-refractivity contribution in [3.05, 3.63) is 40.1 Å². The van der Waals surface area contributed by atoms with Crippen LogP contribution in [0.5, 0.6) is 0 Å². The van der Waals surface area contributed by atoms with E-state index in [1.54, 1.807) is 0 Å². The van der Waals surface area contributed by atoms with Gasteiger partial charge in [0.05, 0.1) is 27.6 Å². The van der Waals surface area contributed by atoms with Gasteiger partial charge in [-0.1, -0.05) is 35.3 Å². The van der Waals surface area contributed by atoms with Gasteiger partial charge in [-0.2, -0.15) is 0 Å². The van der Waals surface area contributed by atoms with E-state index < -0.39 is 45.0 Å². The Morgan fingerprint density at radius 2 is 1.41 bits per heavy atom. The molecule has 10 heteroatoms. The zero-order chi connectivity index (χ0) is 19.9. The van der Waals surface area contributed by atoms with Crippen molar-refractivity contribution in [2.24, 2.45) is 11.8 Å². The molecular weight excluding hydrogens is 443 g/mol. The first kappa shape index (κ1) is 19.4. The molecule has 1 saturated carbocycles. The Hall–Kier alpha value is -0.890. The van der Waals surface area contributed by atoms with Crippen molar-refractivity contribution >= 4 is 63.9 Å². The minimum Gasteiger partial charge on any atom is -0.350 e. The molecule has 5 nitrogen and oxygen atoms in total. The smallest absolute Gasteiger partial charge is 0.240 e. The zero-order valence-corrected chi connectivity index (χ0v) is 17.0. The highest BCUT2D eigenvalue weighted by Crippen LogP contribution is 2.75. The van der Waals surface area contributed by atoms with Crippen LogP contribution in [0.25, 0.3) is 0 Å². The first-order chi connectivity index (χ1) is 12.6. The second kappa shape index (κ2) is 5.81. The van der Waals surface area contributed by atoms with E-state index in [-0.39, 0.29) is 15.8 Å². The highest BCUT2D eigenvalue weighted by atomic mass is 35.5. The van der Waals surface area contributed by atoms with E-state index >= 15 is 0 Å². The Morgan fingerprint density at radius 1 is 0.963 bits per heavy atom. The maximum atomic E-state index is 14.3. The summed E-state index contributed by atoms with van der Waals surface area (Å²) < 4.78 is 25.3. The number of imide groups is 1. The van der Waals surface area contributed by atoms with Gasteiger partial charge in [0, 0.05) is 14.2 Å². The predicted molar refractivity (Wildman–Crippen MR) is 98.5 cm³/mol. The van der Waals surface area contributed by atoms with Crippen molar-refractivity contribution in [2.75, 3.05) is 19.1 Å². The number of halogens is 5. The number of ether oxygens (including phenoxy) is 2. The van der Waals surface area contributed by atoms with Crippen LogP contribution in [0.15, 0.2) is 34.3 Å². The Morgan fingerprint density at radius 3 is 1.81 bits per heavy atom. The number of carbonyl (C=O) groups excluding carboxylic acids is 2. The average Bonchev–Trinajstić information content (AvgIpc) is 3.06. The molecule has 1 heterocycles. The molecule has 1 aromatic carbocycles. The fourth-order valence-corrected chi connectivity index (χ4v) is 6.74. The second-order valence-corrected chi connectivity index (χ2v) is 8.44. The molecular formula is C17H12Cl4FNO4. The third-order valence-corrected chi connectivity index (χ3v) is 8.23. The van der Waals surface area contributed by atoms with Crippen LogP contribution >= 0.6 is 46.4 Å². The Labute approximate surface area is 173 Å². The normalized spacial score (nSPS) is 36.8. The summed E-state index contributed by atoms with van der Waals surface area (Å²) in [5.41, 5.74) is -0.200. The molecule has 0 unspecified atom stereocenters. The summed E-state index contributed by atoms with van der Waals surface area (Å²) in [6.45, 7) is 0. The number of amides is 2. The number of benzene rings is 1. The van der Waals surface area contributed by atoms with E-state index in [1.165, 1.54) is 32.4 Å². The molecule has 1 aromatic rings. The third kappa shape index (κ3) is 1.81. The standard InChI is InChI=1S/C17H12Cl4FNO4/c1-26-17(27-2)15(20)9-10(16(17,21)12(19)11(15)18)14(25)23(13(9)24)8-6-4-3-5-7(8)22/h3-6,9-10H,1-2H3/t9-,10-,15-,16+/m1/s1. The highest BCUT2D eigenvalue weighted by molar-refractivity contribution is 6.54. The molecule has 0 spiro atoms. The van der Waals surface area contributed by atoms with E-state index in [2.05, 4.69) is 0 Å². The summed E-state index contributed by atoms with van der Waals surface area (Å²) in [6.07, 6.45) is 0. The van der Waals surface area contributed by atoms with E-state index in [4.69, 9.17) is 55.9 Å². The highest BCUT2D eigenvalue weighted by Gasteiger charge is 2.89. The van der Waals surface area contributed by atoms with Crippen LogP contribution in [-0.4, -0.2) is 41.6 Å². The lowest BCUT2D eigenvalue weighted by atomic mass is 9.84. The van der Waals surface area contributed by atoms with E-state index in [0.717, 1.165) is 11.0 Å². The lowest BCUT2D eigenvalue weighted by Gasteiger charge is -2.42. The number of para-hydroxylation sites is 1. The minimum absolute atomic E-state index is 0.137. The van der Waals surface area contributed by atoms with Gasteiger partial charge in [0.1, 0.15) is 15.6 Å². The summed E-state index contributed by atoms with van der Waals surface area (Å²) in [5, 5.41) is -0.273. The van der Waals surface area contributed by atoms with Crippen LogP contribution in [0.2, 0.25) is 0 Å². The fourth-order valence-electron chi connectivity index (χ4n) is 4.58. The Balaban J connectivity index is 1.96. The number of hydrogen-bond acceptors (Lipinski definition) is 4. The SMILES string of the molecule is COC1(OC)[C@@]2(Cl)C(Cl)=C(Cl)[C@]1(Cl)[C@H]1C(=O)N(c3ccccc3F)C(=O)[C@@H]12. The van der Waals surface area contributed by atoms with Gasteiger partial charge in [-0.25, -0.2) is 9.29 Å². The molecule has 2 fully saturated rings. The molecule has 0 N–H and O–H groups in total. The van der Waals surface area contributed by atoms with Gasteiger partial charge in [0.2, 0.25) is 17.6 Å². The number of nitrogens with zero attached hydrogens (tertiary/aromatic N) is 1. The van der Waals surface area contributed by atoms with Crippen LogP contribution in [-0.2, 0) is 19.1 Å². The van der Waals surface area contributed by atoms with Gasteiger partial charge in [0.25, 0.3) is 0 Å².